The average Bonchev–Trinajstić information content (AvgIpc) is 2.73. The SMILES string of the molecule is O=C(NCC1CCCC1Br)c1ccc(F)cc1. The molecule has 2 nitrogen and oxygen atoms in total. The second-order valence-electron chi connectivity index (χ2n) is 4.42. The monoisotopic (exact) mass is 299 g/mol. The molecule has 0 aliphatic heterocycles. The number of halogens is 2. The topological polar surface area (TPSA) is 29.1 Å². The van der Waals surface area contributed by atoms with E-state index in [4.69, 9.17) is 0 Å². The van der Waals surface area contributed by atoms with Gasteiger partial charge >= 0.3 is 0 Å². The molecule has 0 saturated heterocycles. The molecular formula is C13H15BrFNO. The van der Waals surface area contributed by atoms with Crippen LogP contribution in [0.15, 0.2) is 24.3 Å². The maximum atomic E-state index is 12.7. The maximum absolute atomic E-state index is 12.7. The summed E-state index contributed by atoms with van der Waals surface area (Å²) in [6, 6.07) is 5.62. The predicted octanol–water partition coefficient (Wildman–Crippen LogP) is 3.12. The van der Waals surface area contributed by atoms with Gasteiger partial charge in [0.2, 0.25) is 0 Å². The van der Waals surface area contributed by atoms with Crippen LogP contribution < -0.4 is 5.32 Å². The van der Waals surface area contributed by atoms with E-state index in [0.29, 0.717) is 22.9 Å². The Morgan fingerprint density at radius 3 is 2.65 bits per heavy atom. The Bertz CT molecular complexity index is 393. The Labute approximate surface area is 109 Å². The fourth-order valence-electron chi connectivity index (χ4n) is 2.15. The summed E-state index contributed by atoms with van der Waals surface area (Å²) in [7, 11) is 0. The standard InChI is InChI=1S/C13H15BrFNO/c14-12-3-1-2-10(12)8-16-13(17)9-4-6-11(15)7-5-9/h4-7,10,12H,1-3,8H2,(H,16,17). The third kappa shape index (κ3) is 3.28. The average molecular weight is 300 g/mol. The van der Waals surface area contributed by atoms with E-state index in [1.54, 1.807) is 0 Å². The number of hydrogen-bond donors (Lipinski definition) is 1. The summed E-state index contributed by atoms with van der Waals surface area (Å²) >= 11 is 3.62. The van der Waals surface area contributed by atoms with Crippen LogP contribution in [-0.2, 0) is 0 Å². The van der Waals surface area contributed by atoms with Gasteiger partial charge in [-0.3, -0.25) is 4.79 Å². The Balaban J connectivity index is 1.87. The molecule has 1 aliphatic rings. The fourth-order valence-corrected chi connectivity index (χ4v) is 2.92. The van der Waals surface area contributed by atoms with E-state index in [9.17, 15) is 9.18 Å². The van der Waals surface area contributed by atoms with Crippen LogP contribution in [0.3, 0.4) is 0 Å². The molecule has 1 aromatic rings. The second kappa shape index (κ2) is 5.63. The molecule has 2 rings (SSSR count). The van der Waals surface area contributed by atoms with Gasteiger partial charge in [-0.25, -0.2) is 4.39 Å². The van der Waals surface area contributed by atoms with Crippen LogP contribution in [-0.4, -0.2) is 17.3 Å². The number of carbonyl (C=O) groups excluding carboxylic acids is 1. The minimum Gasteiger partial charge on any atom is -0.352 e. The summed E-state index contributed by atoms with van der Waals surface area (Å²) in [5, 5.41) is 2.90. The minimum atomic E-state index is -0.321. The van der Waals surface area contributed by atoms with E-state index in [2.05, 4.69) is 21.2 Å². The Morgan fingerprint density at radius 1 is 1.35 bits per heavy atom. The minimum absolute atomic E-state index is 0.128. The predicted molar refractivity (Wildman–Crippen MR) is 68.8 cm³/mol. The molecule has 1 saturated carbocycles. The number of hydrogen-bond acceptors (Lipinski definition) is 1. The quantitative estimate of drug-likeness (QED) is 0.854. The third-order valence-corrected chi connectivity index (χ3v) is 4.40. The van der Waals surface area contributed by atoms with Crippen molar-refractivity contribution in [1.82, 2.24) is 5.32 Å². The smallest absolute Gasteiger partial charge is 0.251 e. The zero-order chi connectivity index (χ0) is 12.3. The molecule has 0 heterocycles. The van der Waals surface area contributed by atoms with Crippen molar-refractivity contribution in [1.29, 1.82) is 0 Å². The highest BCUT2D eigenvalue weighted by Crippen LogP contribution is 2.30. The van der Waals surface area contributed by atoms with Gasteiger partial charge in [-0.2, -0.15) is 0 Å². The van der Waals surface area contributed by atoms with Gasteiger partial charge in [-0.15, -0.1) is 0 Å². The van der Waals surface area contributed by atoms with Crippen LogP contribution in [0.25, 0.3) is 0 Å². The van der Waals surface area contributed by atoms with Crippen molar-refractivity contribution in [2.24, 2.45) is 5.92 Å². The molecule has 1 fully saturated rings. The molecule has 0 radical (unpaired) electrons. The molecule has 1 N–H and O–H groups in total. The van der Waals surface area contributed by atoms with E-state index < -0.39 is 0 Å². The summed E-state index contributed by atoms with van der Waals surface area (Å²) in [4.78, 5) is 12.3. The number of rotatable bonds is 3. The summed E-state index contributed by atoms with van der Waals surface area (Å²) in [5.74, 6) is 0.0638. The molecule has 1 amide bonds. The van der Waals surface area contributed by atoms with Crippen LogP contribution in [0.1, 0.15) is 29.6 Å². The van der Waals surface area contributed by atoms with E-state index >= 15 is 0 Å². The molecular weight excluding hydrogens is 285 g/mol. The molecule has 2 atom stereocenters. The van der Waals surface area contributed by atoms with Gasteiger partial charge < -0.3 is 5.32 Å². The van der Waals surface area contributed by atoms with Gasteiger partial charge in [0.15, 0.2) is 0 Å². The first-order chi connectivity index (χ1) is 8.16. The number of carbonyl (C=O) groups is 1. The molecule has 92 valence electrons. The van der Waals surface area contributed by atoms with Gasteiger partial charge in [0.05, 0.1) is 0 Å². The molecule has 2 unspecified atom stereocenters. The lowest BCUT2D eigenvalue weighted by Crippen LogP contribution is -2.30. The Hall–Kier alpha value is -0.900. The van der Waals surface area contributed by atoms with Crippen LogP contribution >= 0.6 is 15.9 Å². The number of benzene rings is 1. The number of amides is 1. The number of nitrogens with one attached hydrogen (secondary N) is 1. The lowest BCUT2D eigenvalue weighted by Gasteiger charge is -2.14. The summed E-state index contributed by atoms with van der Waals surface area (Å²) in [5.41, 5.74) is 0.510. The molecule has 0 bridgehead atoms. The van der Waals surface area contributed by atoms with Crippen LogP contribution in [0.5, 0.6) is 0 Å². The van der Waals surface area contributed by atoms with Crippen molar-refractivity contribution in [3.05, 3.63) is 35.6 Å². The van der Waals surface area contributed by atoms with Crippen LogP contribution in [0.4, 0.5) is 4.39 Å². The van der Waals surface area contributed by atoms with Crippen molar-refractivity contribution in [3.63, 3.8) is 0 Å². The Morgan fingerprint density at radius 2 is 2.06 bits per heavy atom. The van der Waals surface area contributed by atoms with E-state index in [-0.39, 0.29) is 11.7 Å². The normalized spacial score (nSPS) is 23.6. The first-order valence-electron chi connectivity index (χ1n) is 5.84. The van der Waals surface area contributed by atoms with Gasteiger partial charge in [-0.1, -0.05) is 22.4 Å². The van der Waals surface area contributed by atoms with Crippen LogP contribution in [0, 0.1) is 11.7 Å². The molecule has 17 heavy (non-hydrogen) atoms. The van der Waals surface area contributed by atoms with Crippen molar-refractivity contribution >= 4 is 21.8 Å². The third-order valence-electron chi connectivity index (χ3n) is 3.20. The van der Waals surface area contributed by atoms with Gasteiger partial charge in [-0.05, 0) is 43.0 Å². The molecule has 0 spiro atoms. The van der Waals surface area contributed by atoms with E-state index in [1.807, 2.05) is 0 Å². The van der Waals surface area contributed by atoms with E-state index in [0.717, 1.165) is 6.42 Å². The summed E-state index contributed by atoms with van der Waals surface area (Å²) in [6.07, 6.45) is 3.55. The molecule has 1 aromatic carbocycles. The first kappa shape index (κ1) is 12.6. The van der Waals surface area contributed by atoms with Crippen molar-refractivity contribution in [2.45, 2.75) is 24.1 Å². The largest absolute Gasteiger partial charge is 0.352 e. The summed E-state index contributed by atoms with van der Waals surface area (Å²) in [6.45, 7) is 0.687. The maximum Gasteiger partial charge on any atom is 0.251 e. The first-order valence-corrected chi connectivity index (χ1v) is 6.76. The van der Waals surface area contributed by atoms with E-state index in [1.165, 1.54) is 37.1 Å². The highest BCUT2D eigenvalue weighted by molar-refractivity contribution is 9.09. The highest BCUT2D eigenvalue weighted by atomic mass is 79.9. The van der Waals surface area contributed by atoms with Gasteiger partial charge in [0.1, 0.15) is 5.82 Å². The highest BCUT2D eigenvalue weighted by Gasteiger charge is 2.25. The zero-order valence-corrected chi connectivity index (χ0v) is 11.0. The lowest BCUT2D eigenvalue weighted by molar-refractivity contribution is 0.0948. The Kier molecular flexibility index (Phi) is 4.15. The fraction of sp³-hybridized carbons (Fsp3) is 0.462. The molecule has 1 aliphatic carbocycles. The lowest BCUT2D eigenvalue weighted by atomic mass is 10.1. The van der Waals surface area contributed by atoms with Gasteiger partial charge in [0, 0.05) is 16.9 Å². The molecule has 4 heteroatoms. The van der Waals surface area contributed by atoms with Crippen molar-refractivity contribution in [3.8, 4) is 0 Å². The second-order valence-corrected chi connectivity index (χ2v) is 5.60. The van der Waals surface area contributed by atoms with Crippen molar-refractivity contribution in [2.75, 3.05) is 6.54 Å². The van der Waals surface area contributed by atoms with Crippen LogP contribution in [0.2, 0.25) is 0 Å². The van der Waals surface area contributed by atoms with Gasteiger partial charge in [0.25, 0.3) is 5.91 Å². The number of alkyl halides is 1. The zero-order valence-electron chi connectivity index (χ0n) is 9.46. The summed E-state index contributed by atoms with van der Waals surface area (Å²) < 4.78 is 12.7. The van der Waals surface area contributed by atoms with Crippen molar-refractivity contribution < 1.29 is 9.18 Å². The molecule has 0 aromatic heterocycles.